The predicted molar refractivity (Wildman–Crippen MR) is 88.8 cm³/mol. The number of ether oxygens (including phenoxy) is 1. The van der Waals surface area contributed by atoms with Gasteiger partial charge in [0.05, 0.1) is 18.8 Å². The lowest BCUT2D eigenvalue weighted by Gasteiger charge is -2.20. The fraction of sp³-hybridized carbons (Fsp3) is 0.250. The molecule has 0 amide bonds. The van der Waals surface area contributed by atoms with Crippen LogP contribution in [0.25, 0.3) is 0 Å². The second-order valence-corrected chi connectivity index (χ2v) is 5.85. The summed E-state index contributed by atoms with van der Waals surface area (Å²) in [4.78, 5) is 0. The minimum Gasteiger partial charge on any atom is -0.495 e. The van der Waals surface area contributed by atoms with Crippen LogP contribution in [0.2, 0.25) is 5.02 Å². The minimum atomic E-state index is 0.218. The molecule has 0 aliphatic heterocycles. The Morgan fingerprint density at radius 2 is 1.90 bits per heavy atom. The standard InChI is InChI=1S/C16H17BrClNO/c1-3-14(11-4-6-12(17)7-5-11)19-15-10-13(18)8-9-16(15)20-2/h4-10,14,19H,3H2,1-2H3. The largest absolute Gasteiger partial charge is 0.495 e. The van der Waals surface area contributed by atoms with Gasteiger partial charge in [0.1, 0.15) is 5.75 Å². The monoisotopic (exact) mass is 353 g/mol. The molecule has 1 N–H and O–H groups in total. The topological polar surface area (TPSA) is 21.3 Å². The summed E-state index contributed by atoms with van der Waals surface area (Å²) in [5.41, 5.74) is 2.15. The maximum absolute atomic E-state index is 6.07. The second-order valence-electron chi connectivity index (χ2n) is 4.50. The molecule has 0 aliphatic carbocycles. The number of rotatable bonds is 5. The van der Waals surface area contributed by atoms with Crippen molar-refractivity contribution in [3.8, 4) is 5.75 Å². The average molecular weight is 355 g/mol. The Labute approximate surface area is 133 Å². The molecule has 0 radical (unpaired) electrons. The Balaban J connectivity index is 2.26. The van der Waals surface area contributed by atoms with Gasteiger partial charge >= 0.3 is 0 Å². The van der Waals surface area contributed by atoms with E-state index in [-0.39, 0.29) is 6.04 Å². The molecule has 0 bridgehead atoms. The molecule has 1 unspecified atom stereocenters. The highest BCUT2D eigenvalue weighted by molar-refractivity contribution is 9.10. The summed E-state index contributed by atoms with van der Waals surface area (Å²) < 4.78 is 6.45. The first kappa shape index (κ1) is 15.2. The maximum Gasteiger partial charge on any atom is 0.142 e. The highest BCUT2D eigenvalue weighted by Crippen LogP contribution is 2.32. The SMILES string of the molecule is CCC(Nc1cc(Cl)ccc1OC)c1ccc(Br)cc1. The molecule has 0 heterocycles. The molecule has 0 aliphatic rings. The number of benzene rings is 2. The summed E-state index contributed by atoms with van der Waals surface area (Å²) in [7, 11) is 1.66. The van der Waals surface area contributed by atoms with Gasteiger partial charge in [-0.2, -0.15) is 0 Å². The quantitative estimate of drug-likeness (QED) is 0.746. The third kappa shape index (κ3) is 3.68. The molecular formula is C16H17BrClNO. The molecular weight excluding hydrogens is 338 g/mol. The lowest BCUT2D eigenvalue weighted by Crippen LogP contribution is -2.10. The van der Waals surface area contributed by atoms with Gasteiger partial charge in [-0.05, 0) is 42.3 Å². The molecule has 20 heavy (non-hydrogen) atoms. The molecule has 0 spiro atoms. The van der Waals surface area contributed by atoms with E-state index >= 15 is 0 Å². The Bertz CT molecular complexity index is 571. The molecule has 4 heteroatoms. The highest BCUT2D eigenvalue weighted by atomic mass is 79.9. The van der Waals surface area contributed by atoms with Gasteiger partial charge in [0.25, 0.3) is 0 Å². The number of halogens is 2. The summed E-state index contributed by atoms with van der Waals surface area (Å²) in [5, 5.41) is 4.19. The fourth-order valence-electron chi connectivity index (χ4n) is 2.10. The van der Waals surface area contributed by atoms with Crippen LogP contribution in [-0.4, -0.2) is 7.11 Å². The van der Waals surface area contributed by atoms with Crippen LogP contribution in [-0.2, 0) is 0 Å². The van der Waals surface area contributed by atoms with Gasteiger partial charge in [0, 0.05) is 9.50 Å². The number of hydrogen-bond acceptors (Lipinski definition) is 2. The molecule has 0 aromatic heterocycles. The molecule has 1 atom stereocenters. The van der Waals surface area contributed by atoms with Crippen molar-refractivity contribution in [2.24, 2.45) is 0 Å². The van der Waals surface area contributed by atoms with Crippen molar-refractivity contribution in [1.82, 2.24) is 0 Å². The Hall–Kier alpha value is -1.19. The van der Waals surface area contributed by atoms with Crippen LogP contribution in [0.5, 0.6) is 5.75 Å². The second kappa shape index (κ2) is 7.00. The van der Waals surface area contributed by atoms with E-state index in [1.165, 1.54) is 5.56 Å². The van der Waals surface area contributed by atoms with Crippen LogP contribution < -0.4 is 10.1 Å². The van der Waals surface area contributed by atoms with Crippen LogP contribution >= 0.6 is 27.5 Å². The summed E-state index contributed by atoms with van der Waals surface area (Å²) in [6, 6.07) is 14.1. The number of anilines is 1. The summed E-state index contributed by atoms with van der Waals surface area (Å²) in [6.45, 7) is 2.15. The van der Waals surface area contributed by atoms with E-state index in [0.717, 1.165) is 22.3 Å². The third-order valence-electron chi connectivity index (χ3n) is 3.17. The van der Waals surface area contributed by atoms with Gasteiger partial charge in [-0.15, -0.1) is 0 Å². The van der Waals surface area contributed by atoms with Crippen molar-refractivity contribution in [2.45, 2.75) is 19.4 Å². The minimum absolute atomic E-state index is 0.218. The summed E-state index contributed by atoms with van der Waals surface area (Å²) in [5.74, 6) is 0.796. The molecule has 2 nitrogen and oxygen atoms in total. The van der Waals surface area contributed by atoms with Crippen molar-refractivity contribution in [3.05, 3.63) is 57.5 Å². The van der Waals surface area contributed by atoms with E-state index in [2.05, 4.69) is 52.4 Å². The Morgan fingerprint density at radius 3 is 2.50 bits per heavy atom. The molecule has 106 valence electrons. The molecule has 2 rings (SSSR count). The van der Waals surface area contributed by atoms with Crippen molar-refractivity contribution < 1.29 is 4.74 Å². The number of methoxy groups -OCH3 is 1. The first-order chi connectivity index (χ1) is 9.63. The van der Waals surface area contributed by atoms with Crippen LogP contribution in [0.15, 0.2) is 46.9 Å². The average Bonchev–Trinajstić information content (AvgIpc) is 2.46. The zero-order valence-corrected chi connectivity index (χ0v) is 13.8. The van der Waals surface area contributed by atoms with Crippen molar-refractivity contribution in [3.63, 3.8) is 0 Å². The molecule has 2 aromatic rings. The van der Waals surface area contributed by atoms with Crippen LogP contribution in [0.3, 0.4) is 0 Å². The van der Waals surface area contributed by atoms with E-state index < -0.39 is 0 Å². The summed E-state index contributed by atoms with van der Waals surface area (Å²) in [6.07, 6.45) is 0.970. The first-order valence-electron chi connectivity index (χ1n) is 6.49. The lowest BCUT2D eigenvalue weighted by molar-refractivity contribution is 0.416. The molecule has 0 saturated heterocycles. The van der Waals surface area contributed by atoms with E-state index in [0.29, 0.717) is 5.02 Å². The van der Waals surface area contributed by atoms with Gasteiger partial charge < -0.3 is 10.1 Å². The molecule has 0 fully saturated rings. The van der Waals surface area contributed by atoms with Crippen LogP contribution in [0.1, 0.15) is 24.9 Å². The molecule has 0 saturated carbocycles. The zero-order chi connectivity index (χ0) is 14.5. The Morgan fingerprint density at radius 1 is 1.20 bits per heavy atom. The number of hydrogen-bond donors (Lipinski definition) is 1. The van der Waals surface area contributed by atoms with Crippen LogP contribution in [0, 0.1) is 0 Å². The Kier molecular flexibility index (Phi) is 5.32. The van der Waals surface area contributed by atoms with E-state index in [4.69, 9.17) is 16.3 Å². The van der Waals surface area contributed by atoms with Crippen molar-refractivity contribution in [1.29, 1.82) is 0 Å². The fourth-order valence-corrected chi connectivity index (χ4v) is 2.53. The van der Waals surface area contributed by atoms with Gasteiger partial charge in [-0.25, -0.2) is 0 Å². The van der Waals surface area contributed by atoms with Crippen molar-refractivity contribution in [2.75, 3.05) is 12.4 Å². The van der Waals surface area contributed by atoms with Gasteiger partial charge in [0.2, 0.25) is 0 Å². The van der Waals surface area contributed by atoms with Gasteiger partial charge in [-0.3, -0.25) is 0 Å². The lowest BCUT2D eigenvalue weighted by atomic mass is 10.0. The third-order valence-corrected chi connectivity index (χ3v) is 3.94. The van der Waals surface area contributed by atoms with Gasteiger partial charge in [0.15, 0.2) is 0 Å². The molecule has 2 aromatic carbocycles. The highest BCUT2D eigenvalue weighted by Gasteiger charge is 2.12. The smallest absolute Gasteiger partial charge is 0.142 e. The van der Waals surface area contributed by atoms with Crippen LogP contribution in [0.4, 0.5) is 5.69 Å². The maximum atomic E-state index is 6.07. The van der Waals surface area contributed by atoms with E-state index in [1.807, 2.05) is 18.2 Å². The van der Waals surface area contributed by atoms with E-state index in [1.54, 1.807) is 7.11 Å². The van der Waals surface area contributed by atoms with E-state index in [9.17, 15) is 0 Å². The van der Waals surface area contributed by atoms with Gasteiger partial charge in [-0.1, -0.05) is 46.6 Å². The first-order valence-corrected chi connectivity index (χ1v) is 7.66. The normalized spacial score (nSPS) is 12.0. The zero-order valence-electron chi connectivity index (χ0n) is 11.5. The van der Waals surface area contributed by atoms with Crippen molar-refractivity contribution >= 4 is 33.2 Å². The number of nitrogens with one attached hydrogen (secondary N) is 1. The predicted octanol–water partition coefficient (Wildman–Crippen LogP) is 5.67. The summed E-state index contributed by atoms with van der Waals surface area (Å²) >= 11 is 9.52.